The highest BCUT2D eigenvalue weighted by atomic mass is 16.6. The Morgan fingerprint density at radius 3 is 2.53 bits per heavy atom. The molecule has 0 aromatic rings. The molecule has 1 unspecified atom stereocenters. The van der Waals surface area contributed by atoms with Crippen LogP contribution in [0, 0.1) is 5.92 Å². The van der Waals surface area contributed by atoms with Gasteiger partial charge in [0.05, 0.1) is 6.10 Å². The Labute approximate surface area is 113 Å². The second-order valence-electron chi connectivity index (χ2n) is 5.15. The fourth-order valence-electron chi connectivity index (χ4n) is 2.57. The summed E-state index contributed by atoms with van der Waals surface area (Å²) >= 11 is 0. The number of rotatable bonds is 6. The number of nitrogens with one attached hydrogen (secondary N) is 1. The number of carbonyl (C=O) groups excluding carboxylic acids is 2. The van der Waals surface area contributed by atoms with Crippen molar-refractivity contribution in [2.75, 3.05) is 7.05 Å². The van der Waals surface area contributed by atoms with Crippen molar-refractivity contribution in [3.05, 3.63) is 0 Å². The zero-order valence-electron chi connectivity index (χ0n) is 11.4. The molecular weight excluding hydrogens is 248 g/mol. The van der Waals surface area contributed by atoms with Gasteiger partial charge >= 0.3 is 6.09 Å². The van der Waals surface area contributed by atoms with Crippen LogP contribution in [0.2, 0.25) is 0 Å². The molecule has 110 valence electrons. The lowest BCUT2D eigenvalue weighted by Crippen LogP contribution is -2.37. The highest BCUT2D eigenvalue weighted by molar-refractivity contribution is 5.82. The molecule has 1 aliphatic carbocycles. The third kappa shape index (κ3) is 5.92. The molecule has 1 atom stereocenters. The summed E-state index contributed by atoms with van der Waals surface area (Å²) in [6.45, 7) is 0. The lowest BCUT2D eigenvalue weighted by molar-refractivity contribution is -0.129. The zero-order valence-corrected chi connectivity index (χ0v) is 11.4. The van der Waals surface area contributed by atoms with Gasteiger partial charge in [0, 0.05) is 7.05 Å². The minimum Gasteiger partial charge on any atom is -0.436 e. The molecule has 19 heavy (non-hydrogen) atoms. The predicted octanol–water partition coefficient (Wildman–Crippen LogP) is 0.918. The van der Waals surface area contributed by atoms with Gasteiger partial charge < -0.3 is 20.9 Å². The minimum atomic E-state index is -0.922. The fraction of sp³-hybridized carbons (Fsp3) is 0.846. The topological polar surface area (TPSA) is 102 Å². The van der Waals surface area contributed by atoms with Crippen LogP contribution in [0.1, 0.15) is 44.9 Å². The van der Waals surface area contributed by atoms with Gasteiger partial charge in [0.25, 0.3) is 5.91 Å². The quantitative estimate of drug-likeness (QED) is 0.669. The first-order valence-corrected chi connectivity index (χ1v) is 6.88. The average molecular weight is 272 g/mol. The number of nitrogens with two attached hydrogens (primary N) is 1. The van der Waals surface area contributed by atoms with E-state index in [1.54, 1.807) is 0 Å². The van der Waals surface area contributed by atoms with Crippen molar-refractivity contribution in [2.24, 2.45) is 11.7 Å². The molecule has 0 aliphatic heterocycles. The van der Waals surface area contributed by atoms with E-state index in [4.69, 9.17) is 10.5 Å². The molecule has 0 saturated heterocycles. The molecule has 6 heteroatoms. The van der Waals surface area contributed by atoms with E-state index >= 15 is 0 Å². The van der Waals surface area contributed by atoms with Crippen LogP contribution in [0.15, 0.2) is 0 Å². The van der Waals surface area contributed by atoms with Gasteiger partial charge in [0.2, 0.25) is 0 Å². The van der Waals surface area contributed by atoms with E-state index in [0.717, 1.165) is 38.5 Å². The largest absolute Gasteiger partial charge is 0.436 e. The van der Waals surface area contributed by atoms with Crippen molar-refractivity contribution in [2.45, 2.75) is 57.2 Å². The van der Waals surface area contributed by atoms with Crippen molar-refractivity contribution in [3.8, 4) is 0 Å². The molecule has 1 fully saturated rings. The van der Waals surface area contributed by atoms with E-state index in [9.17, 15) is 14.7 Å². The Morgan fingerprint density at radius 2 is 2.00 bits per heavy atom. The first-order valence-electron chi connectivity index (χ1n) is 6.88. The SMILES string of the molecule is CNC(=O)C(CCCC1CCC(O)CC1)OC(N)=O. The first-order chi connectivity index (χ1) is 9.02. The van der Waals surface area contributed by atoms with E-state index < -0.39 is 12.2 Å². The number of aliphatic hydroxyl groups excluding tert-OH is 1. The smallest absolute Gasteiger partial charge is 0.405 e. The van der Waals surface area contributed by atoms with Gasteiger partial charge in [-0.2, -0.15) is 0 Å². The van der Waals surface area contributed by atoms with E-state index in [0.29, 0.717) is 12.3 Å². The van der Waals surface area contributed by atoms with Crippen molar-refractivity contribution >= 4 is 12.0 Å². The Hall–Kier alpha value is -1.30. The number of carbonyl (C=O) groups is 2. The van der Waals surface area contributed by atoms with Gasteiger partial charge in [-0.15, -0.1) is 0 Å². The van der Waals surface area contributed by atoms with Crippen molar-refractivity contribution in [1.29, 1.82) is 0 Å². The van der Waals surface area contributed by atoms with Crippen molar-refractivity contribution in [3.63, 3.8) is 0 Å². The fourth-order valence-corrected chi connectivity index (χ4v) is 2.57. The third-order valence-electron chi connectivity index (χ3n) is 3.69. The number of ether oxygens (including phenoxy) is 1. The third-order valence-corrected chi connectivity index (χ3v) is 3.69. The maximum Gasteiger partial charge on any atom is 0.405 e. The minimum absolute atomic E-state index is 0.145. The molecule has 0 aromatic heterocycles. The zero-order chi connectivity index (χ0) is 14.3. The summed E-state index contributed by atoms with van der Waals surface area (Å²) < 4.78 is 4.80. The molecule has 0 aromatic carbocycles. The summed E-state index contributed by atoms with van der Waals surface area (Å²) in [6, 6.07) is 0. The Balaban J connectivity index is 2.27. The van der Waals surface area contributed by atoms with Crippen LogP contribution in [0.5, 0.6) is 0 Å². The standard InChI is InChI=1S/C13H24N2O4/c1-15-12(17)11(19-13(14)18)4-2-3-9-5-7-10(16)8-6-9/h9-11,16H,2-8H2,1H3,(H2,14,18)(H,15,17). The molecule has 1 rings (SSSR count). The van der Waals surface area contributed by atoms with Gasteiger partial charge in [0.15, 0.2) is 6.10 Å². The number of aliphatic hydroxyl groups is 1. The van der Waals surface area contributed by atoms with Gasteiger partial charge in [-0.1, -0.05) is 6.42 Å². The maximum atomic E-state index is 11.5. The highest BCUT2D eigenvalue weighted by Gasteiger charge is 2.23. The number of primary amides is 1. The van der Waals surface area contributed by atoms with Crippen LogP contribution in [0.3, 0.4) is 0 Å². The average Bonchev–Trinajstić information content (AvgIpc) is 2.38. The van der Waals surface area contributed by atoms with Crippen LogP contribution in [0.4, 0.5) is 4.79 Å². The molecule has 4 N–H and O–H groups in total. The molecule has 1 saturated carbocycles. The van der Waals surface area contributed by atoms with E-state index in [1.807, 2.05) is 0 Å². The second kappa shape index (κ2) is 7.99. The Bertz CT molecular complexity index is 301. The van der Waals surface area contributed by atoms with Gasteiger partial charge in [-0.05, 0) is 44.4 Å². The summed E-state index contributed by atoms with van der Waals surface area (Å²) in [4.78, 5) is 22.2. The van der Waals surface area contributed by atoms with Crippen LogP contribution in [-0.4, -0.2) is 36.4 Å². The molecule has 6 nitrogen and oxygen atoms in total. The lowest BCUT2D eigenvalue weighted by Gasteiger charge is -2.25. The number of hydrogen-bond acceptors (Lipinski definition) is 4. The number of likely N-dealkylation sites (N-methyl/N-ethyl adjacent to an activating group) is 1. The molecule has 0 bridgehead atoms. The van der Waals surface area contributed by atoms with Crippen molar-refractivity contribution < 1.29 is 19.4 Å². The number of hydrogen-bond donors (Lipinski definition) is 3. The molecule has 0 spiro atoms. The van der Waals surface area contributed by atoms with Crippen LogP contribution >= 0.6 is 0 Å². The maximum absolute atomic E-state index is 11.5. The predicted molar refractivity (Wildman–Crippen MR) is 70.3 cm³/mol. The highest BCUT2D eigenvalue weighted by Crippen LogP contribution is 2.28. The van der Waals surface area contributed by atoms with Gasteiger partial charge in [-0.25, -0.2) is 4.79 Å². The van der Waals surface area contributed by atoms with Crippen LogP contribution in [0.25, 0.3) is 0 Å². The van der Waals surface area contributed by atoms with E-state index in [2.05, 4.69) is 5.32 Å². The van der Waals surface area contributed by atoms with E-state index in [1.165, 1.54) is 7.05 Å². The molecule has 0 radical (unpaired) electrons. The molecule has 1 aliphatic rings. The molecule has 2 amide bonds. The summed E-state index contributed by atoms with van der Waals surface area (Å²) in [7, 11) is 1.50. The monoisotopic (exact) mass is 272 g/mol. The summed E-state index contributed by atoms with van der Waals surface area (Å²) in [5.74, 6) is 0.278. The van der Waals surface area contributed by atoms with Crippen LogP contribution in [-0.2, 0) is 9.53 Å². The van der Waals surface area contributed by atoms with E-state index in [-0.39, 0.29) is 12.0 Å². The molecular formula is C13H24N2O4. The first kappa shape index (κ1) is 15.8. The summed E-state index contributed by atoms with van der Waals surface area (Å²) in [5, 5.41) is 11.9. The summed E-state index contributed by atoms with van der Waals surface area (Å²) in [6.07, 6.45) is 4.21. The summed E-state index contributed by atoms with van der Waals surface area (Å²) in [5.41, 5.74) is 4.95. The second-order valence-corrected chi connectivity index (χ2v) is 5.15. The van der Waals surface area contributed by atoms with Gasteiger partial charge in [0.1, 0.15) is 0 Å². The van der Waals surface area contributed by atoms with Crippen LogP contribution < -0.4 is 11.1 Å². The van der Waals surface area contributed by atoms with Crippen molar-refractivity contribution in [1.82, 2.24) is 5.32 Å². The van der Waals surface area contributed by atoms with Gasteiger partial charge in [-0.3, -0.25) is 4.79 Å². The normalized spacial score (nSPS) is 24.5. The lowest BCUT2D eigenvalue weighted by atomic mass is 9.84. The number of amides is 2. The Morgan fingerprint density at radius 1 is 1.37 bits per heavy atom. The Kier molecular flexibility index (Phi) is 6.62. The molecule has 0 heterocycles.